The van der Waals surface area contributed by atoms with Gasteiger partial charge in [0, 0.05) is 19.0 Å². The van der Waals surface area contributed by atoms with Crippen molar-refractivity contribution < 1.29 is 14.0 Å². The van der Waals surface area contributed by atoms with E-state index in [1.807, 2.05) is 6.92 Å². The van der Waals surface area contributed by atoms with Gasteiger partial charge in [-0.2, -0.15) is 5.10 Å². The van der Waals surface area contributed by atoms with Crippen LogP contribution in [0.5, 0.6) is 0 Å². The van der Waals surface area contributed by atoms with Gasteiger partial charge in [0.15, 0.2) is 17.1 Å². The number of aryl methyl sites for hydroxylation is 1. The summed E-state index contributed by atoms with van der Waals surface area (Å²) in [6, 6.07) is 6.47. The van der Waals surface area contributed by atoms with Crippen LogP contribution in [0.1, 0.15) is 52.3 Å². The topological polar surface area (TPSA) is 110 Å². The second-order valence-corrected chi connectivity index (χ2v) is 6.13. The number of aromatic nitrogens is 3. The van der Waals surface area contributed by atoms with E-state index in [0.717, 1.165) is 12.0 Å². The SMILES string of the molecule is CC(NC(=O)c1cc2n(n1)CCCC2=O)c1ccc2[nH]c(=O)oc2c1. The molecule has 4 rings (SSSR count). The summed E-state index contributed by atoms with van der Waals surface area (Å²) in [4.78, 5) is 38.1. The summed E-state index contributed by atoms with van der Waals surface area (Å²) in [7, 11) is 0. The third-order valence-electron chi connectivity index (χ3n) is 4.36. The van der Waals surface area contributed by atoms with Crippen molar-refractivity contribution in [2.24, 2.45) is 0 Å². The van der Waals surface area contributed by atoms with Gasteiger partial charge in [0.1, 0.15) is 5.69 Å². The molecule has 0 aliphatic carbocycles. The highest BCUT2D eigenvalue weighted by Gasteiger charge is 2.23. The zero-order chi connectivity index (χ0) is 17.6. The Balaban J connectivity index is 1.55. The predicted octanol–water partition coefficient (Wildman–Crippen LogP) is 1.79. The predicted molar refractivity (Wildman–Crippen MR) is 88.5 cm³/mol. The van der Waals surface area contributed by atoms with E-state index in [-0.39, 0.29) is 23.4 Å². The standard InChI is InChI=1S/C17H16N4O4/c1-9(10-4-5-11-15(7-10)25-17(24)19-11)18-16(23)12-8-13-14(22)3-2-6-21(13)20-12/h4-5,7-9H,2-3,6H2,1H3,(H,18,23)(H,19,24). The molecule has 1 amide bonds. The lowest BCUT2D eigenvalue weighted by atomic mass is 10.1. The van der Waals surface area contributed by atoms with Gasteiger partial charge in [-0.05, 0) is 31.0 Å². The first-order valence-corrected chi connectivity index (χ1v) is 8.06. The summed E-state index contributed by atoms with van der Waals surface area (Å²) in [5.74, 6) is -0.853. The second-order valence-electron chi connectivity index (χ2n) is 6.13. The third kappa shape index (κ3) is 2.75. The Labute approximate surface area is 141 Å². The molecular formula is C17H16N4O4. The van der Waals surface area contributed by atoms with Gasteiger partial charge in [-0.25, -0.2) is 4.79 Å². The number of benzene rings is 1. The van der Waals surface area contributed by atoms with Gasteiger partial charge in [-0.15, -0.1) is 0 Å². The Morgan fingerprint density at radius 2 is 2.20 bits per heavy atom. The van der Waals surface area contributed by atoms with Crippen LogP contribution in [-0.4, -0.2) is 26.5 Å². The van der Waals surface area contributed by atoms with Crippen LogP contribution in [0.25, 0.3) is 11.1 Å². The average molecular weight is 340 g/mol. The van der Waals surface area contributed by atoms with Crippen LogP contribution in [0.15, 0.2) is 33.5 Å². The number of H-pyrrole nitrogens is 1. The molecule has 0 bridgehead atoms. The Kier molecular flexibility index (Phi) is 3.52. The second kappa shape index (κ2) is 5.73. The van der Waals surface area contributed by atoms with Crippen LogP contribution in [0, 0.1) is 0 Å². The summed E-state index contributed by atoms with van der Waals surface area (Å²) >= 11 is 0. The molecule has 2 N–H and O–H groups in total. The van der Waals surface area contributed by atoms with Gasteiger partial charge in [0.2, 0.25) is 0 Å². The fraction of sp³-hybridized carbons (Fsp3) is 0.294. The molecular weight excluding hydrogens is 324 g/mol. The maximum Gasteiger partial charge on any atom is 0.417 e. The quantitative estimate of drug-likeness (QED) is 0.755. The Bertz CT molecular complexity index is 1040. The molecule has 3 aromatic rings. The molecule has 2 aromatic heterocycles. The Morgan fingerprint density at radius 1 is 1.36 bits per heavy atom. The molecule has 0 saturated heterocycles. The smallest absolute Gasteiger partial charge is 0.408 e. The zero-order valence-electron chi connectivity index (χ0n) is 13.5. The van der Waals surface area contributed by atoms with Crippen molar-refractivity contribution in [1.82, 2.24) is 20.1 Å². The third-order valence-corrected chi connectivity index (χ3v) is 4.36. The molecule has 1 atom stereocenters. The van der Waals surface area contributed by atoms with Gasteiger partial charge >= 0.3 is 5.76 Å². The number of carbonyl (C=O) groups is 2. The number of rotatable bonds is 3. The highest BCUT2D eigenvalue weighted by molar-refractivity contribution is 5.99. The summed E-state index contributed by atoms with van der Waals surface area (Å²) in [5, 5.41) is 7.07. The minimum atomic E-state index is -0.517. The molecule has 1 aliphatic rings. The first-order chi connectivity index (χ1) is 12.0. The molecule has 1 unspecified atom stereocenters. The van der Waals surface area contributed by atoms with Crippen LogP contribution in [0.3, 0.4) is 0 Å². The fourth-order valence-electron chi connectivity index (χ4n) is 3.03. The highest BCUT2D eigenvalue weighted by atomic mass is 16.4. The molecule has 0 spiro atoms. The highest BCUT2D eigenvalue weighted by Crippen LogP contribution is 2.20. The molecule has 8 heteroatoms. The average Bonchev–Trinajstić information content (AvgIpc) is 3.17. The van der Waals surface area contributed by atoms with Gasteiger partial charge in [0.25, 0.3) is 5.91 Å². The van der Waals surface area contributed by atoms with Crippen LogP contribution in [-0.2, 0) is 6.54 Å². The Morgan fingerprint density at radius 3 is 3.00 bits per heavy atom. The number of hydrogen-bond donors (Lipinski definition) is 2. The van der Waals surface area contributed by atoms with Crippen LogP contribution < -0.4 is 11.1 Å². The van der Waals surface area contributed by atoms with Crippen molar-refractivity contribution in [2.75, 3.05) is 0 Å². The number of oxazole rings is 1. The summed E-state index contributed by atoms with van der Waals surface area (Å²) in [6.45, 7) is 2.47. The normalized spacial score (nSPS) is 15.2. The molecule has 128 valence electrons. The summed E-state index contributed by atoms with van der Waals surface area (Å²) in [6.07, 6.45) is 1.23. The van der Waals surface area contributed by atoms with E-state index >= 15 is 0 Å². The van der Waals surface area contributed by atoms with Crippen molar-refractivity contribution in [3.05, 3.63) is 51.8 Å². The van der Waals surface area contributed by atoms with Crippen molar-refractivity contribution >= 4 is 22.8 Å². The van der Waals surface area contributed by atoms with Gasteiger partial charge < -0.3 is 9.73 Å². The number of ketones is 1. The number of carbonyl (C=O) groups excluding carboxylic acids is 2. The molecule has 0 fully saturated rings. The first kappa shape index (κ1) is 15.4. The zero-order valence-corrected chi connectivity index (χ0v) is 13.5. The van der Waals surface area contributed by atoms with E-state index in [1.54, 1.807) is 22.9 Å². The van der Waals surface area contributed by atoms with Gasteiger partial charge in [0.05, 0.1) is 11.6 Å². The van der Waals surface area contributed by atoms with E-state index in [1.165, 1.54) is 6.07 Å². The van der Waals surface area contributed by atoms with Crippen molar-refractivity contribution in [3.8, 4) is 0 Å². The van der Waals surface area contributed by atoms with Gasteiger partial charge in [-0.3, -0.25) is 19.3 Å². The number of aromatic amines is 1. The number of amides is 1. The lowest BCUT2D eigenvalue weighted by Crippen LogP contribution is -2.27. The summed E-state index contributed by atoms with van der Waals surface area (Å²) < 4.78 is 6.63. The monoisotopic (exact) mass is 340 g/mol. The molecule has 3 heterocycles. The maximum absolute atomic E-state index is 12.4. The Hall–Kier alpha value is -3.16. The maximum atomic E-state index is 12.4. The number of Topliss-reactive ketones (excluding diaryl/α,β-unsaturated/α-hetero) is 1. The summed E-state index contributed by atoms with van der Waals surface area (Å²) in [5.41, 5.74) is 2.55. The molecule has 1 aliphatic heterocycles. The van der Waals surface area contributed by atoms with E-state index in [0.29, 0.717) is 29.8 Å². The van der Waals surface area contributed by atoms with Crippen LogP contribution in [0.4, 0.5) is 0 Å². The van der Waals surface area contributed by atoms with Crippen molar-refractivity contribution in [3.63, 3.8) is 0 Å². The molecule has 0 radical (unpaired) electrons. The first-order valence-electron chi connectivity index (χ1n) is 8.06. The lowest BCUT2D eigenvalue weighted by molar-refractivity contribution is 0.0928. The number of hydrogen-bond acceptors (Lipinski definition) is 5. The molecule has 25 heavy (non-hydrogen) atoms. The van der Waals surface area contributed by atoms with E-state index in [4.69, 9.17) is 4.42 Å². The lowest BCUT2D eigenvalue weighted by Gasteiger charge is -2.13. The molecule has 1 aromatic carbocycles. The van der Waals surface area contributed by atoms with Crippen LogP contribution in [0.2, 0.25) is 0 Å². The number of nitrogens with one attached hydrogen (secondary N) is 2. The minimum absolute atomic E-state index is 0.0128. The van der Waals surface area contributed by atoms with Crippen molar-refractivity contribution in [2.45, 2.75) is 32.4 Å². The fourth-order valence-corrected chi connectivity index (χ4v) is 3.03. The van der Waals surface area contributed by atoms with Gasteiger partial charge in [-0.1, -0.05) is 6.07 Å². The van der Waals surface area contributed by atoms with Crippen LogP contribution >= 0.6 is 0 Å². The van der Waals surface area contributed by atoms with E-state index < -0.39 is 5.76 Å². The van der Waals surface area contributed by atoms with Crippen molar-refractivity contribution in [1.29, 1.82) is 0 Å². The minimum Gasteiger partial charge on any atom is -0.408 e. The number of nitrogens with zero attached hydrogens (tertiary/aromatic N) is 2. The largest absolute Gasteiger partial charge is 0.417 e. The van der Waals surface area contributed by atoms with E-state index in [9.17, 15) is 14.4 Å². The molecule has 0 saturated carbocycles. The number of fused-ring (bicyclic) bond motifs is 2. The van der Waals surface area contributed by atoms with E-state index in [2.05, 4.69) is 15.4 Å². The molecule has 8 nitrogen and oxygen atoms in total.